The summed E-state index contributed by atoms with van der Waals surface area (Å²) in [5.74, 6) is 1.89. The summed E-state index contributed by atoms with van der Waals surface area (Å²) in [6.45, 7) is 0.517. The first-order valence-electron chi connectivity index (χ1n) is 8.20. The molecule has 122 valence electrons. The van der Waals surface area contributed by atoms with E-state index in [1.165, 1.54) is 5.56 Å². The number of nitrogens with two attached hydrogens (primary N) is 1. The molecule has 1 aromatic carbocycles. The van der Waals surface area contributed by atoms with Crippen LogP contribution in [0.5, 0.6) is 0 Å². The molecule has 0 atom stereocenters. The number of hydrogen-bond acceptors (Lipinski definition) is 6. The molecular weight excluding hydrogens is 302 g/mol. The van der Waals surface area contributed by atoms with Gasteiger partial charge in [0.2, 0.25) is 5.95 Å². The molecule has 3 N–H and O–H groups in total. The second-order valence-corrected chi connectivity index (χ2v) is 5.96. The Morgan fingerprint density at radius 2 is 1.92 bits per heavy atom. The van der Waals surface area contributed by atoms with Crippen molar-refractivity contribution in [1.29, 1.82) is 0 Å². The molecule has 0 saturated carbocycles. The van der Waals surface area contributed by atoms with Gasteiger partial charge in [0.1, 0.15) is 11.5 Å². The van der Waals surface area contributed by atoms with Crippen molar-refractivity contribution in [3.8, 4) is 11.3 Å². The lowest BCUT2D eigenvalue weighted by molar-refractivity contribution is 0.390. The molecule has 0 aliphatic heterocycles. The molecule has 0 spiro atoms. The number of nitrogen functional groups attached to an aromatic ring is 1. The molecule has 2 heterocycles. The van der Waals surface area contributed by atoms with Crippen molar-refractivity contribution in [2.24, 2.45) is 0 Å². The third-order valence-corrected chi connectivity index (χ3v) is 4.26. The van der Waals surface area contributed by atoms with Crippen LogP contribution < -0.4 is 11.1 Å². The van der Waals surface area contributed by atoms with Gasteiger partial charge in [-0.25, -0.2) is 4.98 Å². The van der Waals surface area contributed by atoms with Gasteiger partial charge in [-0.1, -0.05) is 35.5 Å². The van der Waals surface area contributed by atoms with Gasteiger partial charge in [-0.05, 0) is 25.7 Å². The number of nitrogens with zero attached hydrogens (tertiary/aromatic N) is 3. The quantitative estimate of drug-likeness (QED) is 0.767. The monoisotopic (exact) mass is 321 g/mol. The molecule has 0 unspecified atom stereocenters. The highest BCUT2D eigenvalue weighted by Gasteiger charge is 2.17. The van der Waals surface area contributed by atoms with Crippen LogP contribution in [-0.2, 0) is 19.4 Å². The van der Waals surface area contributed by atoms with Gasteiger partial charge in [0.05, 0.1) is 12.2 Å². The van der Waals surface area contributed by atoms with Gasteiger partial charge in [0.15, 0.2) is 5.76 Å². The maximum Gasteiger partial charge on any atom is 0.222 e. The topological polar surface area (TPSA) is 89.9 Å². The second kappa shape index (κ2) is 6.31. The summed E-state index contributed by atoms with van der Waals surface area (Å²) in [5, 5.41) is 7.46. The van der Waals surface area contributed by atoms with E-state index in [0.29, 0.717) is 12.5 Å². The SMILES string of the molecule is Nc1nc2c(c(NCc3cc(-c4ccccc4)no3)n1)CCCC2. The predicted octanol–water partition coefficient (Wildman–Crippen LogP) is 3.20. The summed E-state index contributed by atoms with van der Waals surface area (Å²) >= 11 is 0. The molecule has 1 aliphatic rings. The van der Waals surface area contributed by atoms with Crippen molar-refractivity contribution >= 4 is 11.8 Å². The van der Waals surface area contributed by atoms with Gasteiger partial charge in [0, 0.05) is 17.2 Å². The van der Waals surface area contributed by atoms with Crippen LogP contribution in [0.1, 0.15) is 29.9 Å². The molecule has 0 bridgehead atoms. The fourth-order valence-corrected chi connectivity index (χ4v) is 3.07. The van der Waals surface area contributed by atoms with E-state index in [0.717, 1.165) is 54.2 Å². The minimum Gasteiger partial charge on any atom is -0.368 e. The standard InChI is InChI=1S/C18H19N5O/c19-18-21-15-9-5-4-8-14(15)17(22-18)20-11-13-10-16(23-24-13)12-6-2-1-3-7-12/h1-3,6-7,10H,4-5,8-9,11H2,(H3,19,20,21,22). The van der Waals surface area contributed by atoms with E-state index in [9.17, 15) is 0 Å². The minimum atomic E-state index is 0.320. The fraction of sp³-hybridized carbons (Fsp3) is 0.278. The Labute approximate surface area is 140 Å². The van der Waals surface area contributed by atoms with Gasteiger partial charge in [0.25, 0.3) is 0 Å². The molecule has 3 aromatic rings. The molecule has 1 aliphatic carbocycles. The van der Waals surface area contributed by atoms with Crippen LogP contribution in [0.3, 0.4) is 0 Å². The first-order chi connectivity index (χ1) is 11.8. The van der Waals surface area contributed by atoms with Crippen molar-refractivity contribution in [2.75, 3.05) is 11.1 Å². The van der Waals surface area contributed by atoms with Crippen LogP contribution in [-0.4, -0.2) is 15.1 Å². The predicted molar refractivity (Wildman–Crippen MR) is 92.4 cm³/mol. The largest absolute Gasteiger partial charge is 0.368 e. The van der Waals surface area contributed by atoms with Gasteiger partial charge < -0.3 is 15.6 Å². The number of aromatic nitrogens is 3. The highest BCUT2D eigenvalue weighted by molar-refractivity contribution is 5.58. The molecule has 0 saturated heterocycles. The van der Waals surface area contributed by atoms with E-state index in [1.807, 2.05) is 36.4 Å². The van der Waals surface area contributed by atoms with Crippen LogP contribution >= 0.6 is 0 Å². The van der Waals surface area contributed by atoms with E-state index >= 15 is 0 Å². The smallest absolute Gasteiger partial charge is 0.222 e. The average Bonchev–Trinajstić information content (AvgIpc) is 3.09. The first kappa shape index (κ1) is 14.7. The second-order valence-electron chi connectivity index (χ2n) is 5.96. The molecule has 2 aromatic heterocycles. The van der Waals surface area contributed by atoms with Gasteiger partial charge in [-0.3, -0.25) is 0 Å². The van der Waals surface area contributed by atoms with Gasteiger partial charge in [-0.2, -0.15) is 4.98 Å². The van der Waals surface area contributed by atoms with E-state index in [4.69, 9.17) is 10.3 Å². The lowest BCUT2D eigenvalue weighted by Gasteiger charge is -2.18. The summed E-state index contributed by atoms with van der Waals surface area (Å²) in [7, 11) is 0. The highest BCUT2D eigenvalue weighted by atomic mass is 16.5. The third kappa shape index (κ3) is 2.95. The number of aryl methyl sites for hydroxylation is 1. The summed E-state index contributed by atoms with van der Waals surface area (Å²) in [6, 6.07) is 11.9. The minimum absolute atomic E-state index is 0.320. The number of hydrogen-bond donors (Lipinski definition) is 2. The van der Waals surface area contributed by atoms with Crippen molar-refractivity contribution in [3.63, 3.8) is 0 Å². The number of anilines is 2. The number of benzene rings is 1. The molecule has 0 radical (unpaired) electrons. The van der Waals surface area contributed by atoms with Crippen LogP contribution in [0.15, 0.2) is 40.9 Å². The van der Waals surface area contributed by atoms with Crippen LogP contribution in [0.2, 0.25) is 0 Å². The summed E-state index contributed by atoms with van der Waals surface area (Å²) in [6.07, 6.45) is 4.28. The zero-order valence-electron chi connectivity index (χ0n) is 13.3. The van der Waals surface area contributed by atoms with E-state index in [2.05, 4.69) is 20.4 Å². The fourth-order valence-electron chi connectivity index (χ4n) is 3.07. The maximum absolute atomic E-state index is 5.83. The third-order valence-electron chi connectivity index (χ3n) is 4.26. The van der Waals surface area contributed by atoms with Gasteiger partial charge >= 0.3 is 0 Å². The van der Waals surface area contributed by atoms with Crippen molar-refractivity contribution < 1.29 is 4.52 Å². The molecule has 24 heavy (non-hydrogen) atoms. The summed E-state index contributed by atoms with van der Waals surface area (Å²) < 4.78 is 5.43. The van der Waals surface area contributed by atoms with E-state index < -0.39 is 0 Å². The van der Waals surface area contributed by atoms with Crippen molar-refractivity contribution in [2.45, 2.75) is 32.2 Å². The number of nitrogens with one attached hydrogen (secondary N) is 1. The molecular formula is C18H19N5O. The van der Waals surface area contributed by atoms with Crippen LogP contribution in [0.25, 0.3) is 11.3 Å². The molecule has 0 amide bonds. The highest BCUT2D eigenvalue weighted by Crippen LogP contribution is 2.26. The molecule has 4 rings (SSSR count). The lowest BCUT2D eigenvalue weighted by Crippen LogP contribution is -2.14. The molecule has 0 fully saturated rings. The van der Waals surface area contributed by atoms with Crippen molar-refractivity contribution in [1.82, 2.24) is 15.1 Å². The zero-order chi connectivity index (χ0) is 16.4. The van der Waals surface area contributed by atoms with Gasteiger partial charge in [-0.15, -0.1) is 0 Å². The summed E-state index contributed by atoms with van der Waals surface area (Å²) in [4.78, 5) is 8.72. The van der Waals surface area contributed by atoms with Crippen LogP contribution in [0, 0.1) is 0 Å². The summed E-state index contributed by atoms with van der Waals surface area (Å²) in [5.41, 5.74) is 9.95. The normalized spacial score (nSPS) is 13.5. The first-order valence-corrected chi connectivity index (χ1v) is 8.20. The molecule has 6 nitrogen and oxygen atoms in total. The Hall–Kier alpha value is -2.89. The Morgan fingerprint density at radius 3 is 2.79 bits per heavy atom. The number of rotatable bonds is 4. The Kier molecular flexibility index (Phi) is 3.86. The van der Waals surface area contributed by atoms with Crippen LogP contribution in [0.4, 0.5) is 11.8 Å². The van der Waals surface area contributed by atoms with E-state index in [1.54, 1.807) is 0 Å². The van der Waals surface area contributed by atoms with Crippen molar-refractivity contribution in [3.05, 3.63) is 53.4 Å². The van der Waals surface area contributed by atoms with E-state index in [-0.39, 0.29) is 0 Å². The molecule has 6 heteroatoms. The zero-order valence-corrected chi connectivity index (χ0v) is 13.3. The Balaban J connectivity index is 1.52. The Bertz CT molecular complexity index is 844. The maximum atomic E-state index is 5.83. The lowest BCUT2D eigenvalue weighted by atomic mass is 9.96. The number of fused-ring (bicyclic) bond motifs is 1. The average molecular weight is 321 g/mol. The Morgan fingerprint density at radius 1 is 1.08 bits per heavy atom.